The molecular weight excluding hydrogens is 302 g/mol. The van der Waals surface area contributed by atoms with Crippen LogP contribution in [0.3, 0.4) is 0 Å². The third kappa shape index (κ3) is 3.33. The number of hydrogen-bond acceptors (Lipinski definition) is 4. The Labute approximate surface area is 123 Å². The molecule has 0 atom stereocenters. The lowest BCUT2D eigenvalue weighted by Crippen LogP contribution is -2.10. The van der Waals surface area contributed by atoms with Crippen LogP contribution >= 0.6 is 0 Å². The summed E-state index contributed by atoms with van der Waals surface area (Å²) in [5.41, 5.74) is -1.02. The van der Waals surface area contributed by atoms with Gasteiger partial charge in [-0.2, -0.15) is 13.2 Å². The van der Waals surface area contributed by atoms with Crippen LogP contribution in [0.4, 0.5) is 28.9 Å². The number of benzene rings is 1. The summed E-state index contributed by atoms with van der Waals surface area (Å²) in [6, 6.07) is 5.55. The Hall–Kier alpha value is -2.64. The van der Waals surface area contributed by atoms with E-state index in [1.165, 1.54) is 25.3 Å². The second-order valence-corrected chi connectivity index (χ2v) is 4.40. The first-order chi connectivity index (χ1) is 10.3. The smallest absolute Gasteiger partial charge is 0.411 e. The van der Waals surface area contributed by atoms with Crippen molar-refractivity contribution in [2.75, 3.05) is 5.32 Å². The van der Waals surface area contributed by atoms with Crippen molar-refractivity contribution in [3.8, 4) is 0 Å². The lowest BCUT2D eigenvalue weighted by molar-refractivity contribution is -0.137. The molecule has 0 fully saturated rings. The summed E-state index contributed by atoms with van der Waals surface area (Å²) in [5, 5.41) is 13.9. The summed E-state index contributed by atoms with van der Waals surface area (Å²) in [5.74, 6) is -1.02. The number of alkyl halides is 3. The fourth-order valence-corrected chi connectivity index (χ4v) is 1.76. The van der Waals surface area contributed by atoms with E-state index >= 15 is 0 Å². The van der Waals surface area contributed by atoms with Crippen LogP contribution in [-0.2, 0) is 6.18 Å². The Balaban J connectivity index is 2.35. The summed E-state index contributed by atoms with van der Waals surface area (Å²) in [7, 11) is 0. The first-order valence-electron chi connectivity index (χ1n) is 6.10. The summed E-state index contributed by atoms with van der Waals surface area (Å²) in [4.78, 5) is 3.91. The van der Waals surface area contributed by atoms with Gasteiger partial charge in [-0.3, -0.25) is 4.98 Å². The van der Waals surface area contributed by atoms with Gasteiger partial charge in [0.1, 0.15) is 11.5 Å². The second kappa shape index (κ2) is 6.00. The van der Waals surface area contributed by atoms with Crippen LogP contribution in [0.1, 0.15) is 18.2 Å². The fourth-order valence-electron chi connectivity index (χ4n) is 1.76. The van der Waals surface area contributed by atoms with Gasteiger partial charge in [0.05, 0.1) is 28.8 Å². The molecule has 0 saturated carbocycles. The zero-order chi connectivity index (χ0) is 16.3. The zero-order valence-electron chi connectivity index (χ0n) is 11.3. The monoisotopic (exact) mass is 313 g/mol. The van der Waals surface area contributed by atoms with Crippen LogP contribution < -0.4 is 5.32 Å². The third-order valence-corrected chi connectivity index (χ3v) is 2.87. The fraction of sp³-hybridized carbons (Fsp3) is 0.143. The molecule has 2 aromatic rings. The molecule has 2 rings (SSSR count). The van der Waals surface area contributed by atoms with Gasteiger partial charge in [-0.25, -0.2) is 4.39 Å². The highest BCUT2D eigenvalue weighted by atomic mass is 19.4. The number of oxime groups is 1. The first-order valence-corrected chi connectivity index (χ1v) is 6.10. The second-order valence-electron chi connectivity index (χ2n) is 4.40. The molecule has 116 valence electrons. The van der Waals surface area contributed by atoms with Gasteiger partial charge in [0.15, 0.2) is 0 Å². The van der Waals surface area contributed by atoms with Crippen molar-refractivity contribution in [1.29, 1.82) is 0 Å². The van der Waals surface area contributed by atoms with E-state index < -0.39 is 23.2 Å². The Bertz CT molecular complexity index is 696. The molecule has 0 aliphatic carbocycles. The maximum absolute atomic E-state index is 13.7. The summed E-state index contributed by atoms with van der Waals surface area (Å²) >= 11 is 0. The van der Waals surface area contributed by atoms with Crippen LogP contribution in [0.5, 0.6) is 0 Å². The van der Waals surface area contributed by atoms with E-state index in [1.54, 1.807) is 0 Å². The highest BCUT2D eigenvalue weighted by Crippen LogP contribution is 2.37. The van der Waals surface area contributed by atoms with Crippen LogP contribution in [0.25, 0.3) is 0 Å². The lowest BCUT2D eigenvalue weighted by atomic mass is 10.1. The van der Waals surface area contributed by atoms with Gasteiger partial charge in [-0.05, 0) is 31.2 Å². The molecule has 0 saturated heterocycles. The number of nitrogens with zero attached hydrogens (tertiary/aromatic N) is 2. The molecule has 0 spiro atoms. The molecule has 22 heavy (non-hydrogen) atoms. The molecule has 0 aliphatic rings. The van der Waals surface area contributed by atoms with E-state index in [9.17, 15) is 17.6 Å². The predicted molar refractivity (Wildman–Crippen MR) is 72.9 cm³/mol. The molecule has 1 heterocycles. The highest BCUT2D eigenvalue weighted by Gasteiger charge is 2.34. The molecule has 4 nitrogen and oxygen atoms in total. The largest absolute Gasteiger partial charge is 0.418 e. The molecule has 0 amide bonds. The van der Waals surface area contributed by atoms with Gasteiger partial charge in [0.2, 0.25) is 0 Å². The first kappa shape index (κ1) is 15.7. The van der Waals surface area contributed by atoms with Crippen molar-refractivity contribution in [3.63, 3.8) is 0 Å². The third-order valence-electron chi connectivity index (χ3n) is 2.87. The quantitative estimate of drug-likeness (QED) is 0.387. The molecule has 0 aliphatic heterocycles. The highest BCUT2D eigenvalue weighted by molar-refractivity contribution is 5.96. The van der Waals surface area contributed by atoms with Gasteiger partial charge in [0, 0.05) is 0 Å². The minimum absolute atomic E-state index is 0.171. The van der Waals surface area contributed by atoms with Crippen molar-refractivity contribution in [2.45, 2.75) is 13.1 Å². The van der Waals surface area contributed by atoms with Gasteiger partial charge < -0.3 is 10.5 Å². The van der Waals surface area contributed by atoms with Crippen LogP contribution in [-0.4, -0.2) is 15.9 Å². The van der Waals surface area contributed by atoms with Crippen LogP contribution in [0.15, 0.2) is 41.7 Å². The number of nitrogens with one attached hydrogen (secondary N) is 1. The molecule has 0 unspecified atom stereocenters. The van der Waals surface area contributed by atoms with Crippen molar-refractivity contribution in [1.82, 2.24) is 4.98 Å². The average molecular weight is 313 g/mol. The van der Waals surface area contributed by atoms with E-state index in [1.807, 2.05) is 0 Å². The normalized spacial score (nSPS) is 12.3. The van der Waals surface area contributed by atoms with Crippen LogP contribution in [0, 0.1) is 5.82 Å². The Morgan fingerprint density at radius 2 is 1.95 bits per heavy atom. The van der Waals surface area contributed by atoms with E-state index in [0.29, 0.717) is 5.69 Å². The number of hydrogen-bond donors (Lipinski definition) is 2. The maximum Gasteiger partial charge on any atom is 0.418 e. The summed E-state index contributed by atoms with van der Waals surface area (Å²) in [6.45, 7) is 1.51. The molecule has 8 heteroatoms. The number of rotatable bonds is 3. The Kier molecular flexibility index (Phi) is 4.30. The Morgan fingerprint density at radius 3 is 2.50 bits per heavy atom. The van der Waals surface area contributed by atoms with E-state index in [4.69, 9.17) is 5.21 Å². The molecule has 0 radical (unpaired) electrons. The van der Waals surface area contributed by atoms with Crippen molar-refractivity contribution in [3.05, 3.63) is 53.6 Å². The SMILES string of the molecule is C/C(=N\O)c1ccc(Nc2c(F)cccc2C(F)(F)F)cn1. The van der Waals surface area contributed by atoms with Crippen molar-refractivity contribution < 1.29 is 22.8 Å². The van der Waals surface area contributed by atoms with Gasteiger partial charge in [-0.15, -0.1) is 0 Å². The van der Waals surface area contributed by atoms with E-state index in [0.717, 1.165) is 18.2 Å². The minimum Gasteiger partial charge on any atom is -0.411 e. The maximum atomic E-state index is 13.7. The predicted octanol–water partition coefficient (Wildman–Crippen LogP) is 4.18. The lowest BCUT2D eigenvalue weighted by Gasteiger charge is -2.15. The van der Waals surface area contributed by atoms with Crippen molar-refractivity contribution >= 4 is 17.1 Å². The summed E-state index contributed by atoms with van der Waals surface area (Å²) < 4.78 is 52.3. The molecule has 1 aromatic heterocycles. The van der Waals surface area contributed by atoms with E-state index in [-0.39, 0.29) is 11.4 Å². The Morgan fingerprint density at radius 1 is 1.23 bits per heavy atom. The van der Waals surface area contributed by atoms with Gasteiger partial charge in [-0.1, -0.05) is 11.2 Å². The number of pyridine rings is 1. The average Bonchev–Trinajstić information content (AvgIpc) is 2.48. The topological polar surface area (TPSA) is 57.5 Å². The van der Waals surface area contributed by atoms with Gasteiger partial charge >= 0.3 is 6.18 Å². The molecule has 0 bridgehead atoms. The molecule has 1 aromatic carbocycles. The minimum atomic E-state index is -4.68. The zero-order valence-corrected chi connectivity index (χ0v) is 11.3. The van der Waals surface area contributed by atoms with Gasteiger partial charge in [0.25, 0.3) is 0 Å². The molecule has 2 N–H and O–H groups in total. The number of aromatic nitrogens is 1. The number of halogens is 4. The van der Waals surface area contributed by atoms with E-state index in [2.05, 4.69) is 15.5 Å². The van der Waals surface area contributed by atoms with Crippen LogP contribution in [0.2, 0.25) is 0 Å². The van der Waals surface area contributed by atoms with Crippen molar-refractivity contribution in [2.24, 2.45) is 5.16 Å². The summed E-state index contributed by atoms with van der Waals surface area (Å²) in [6.07, 6.45) is -3.46. The standard InChI is InChI=1S/C14H11F4N3O/c1-8(21-22)12-6-5-9(7-19-12)20-13-10(14(16,17)18)3-2-4-11(13)15/h2-7,20,22H,1H3/b21-8+. The molecular formula is C14H11F4N3O. The number of para-hydroxylation sites is 1. The number of anilines is 2.